The molecule has 0 aliphatic carbocycles. The van der Waals surface area contributed by atoms with Crippen LogP contribution in [-0.4, -0.2) is 64.2 Å². The van der Waals surface area contributed by atoms with E-state index in [-0.39, 0.29) is 82.6 Å². The molecule has 33 heavy (non-hydrogen) atoms. The molecule has 0 saturated carbocycles. The molecule has 0 spiro atoms. The highest BCUT2D eigenvalue weighted by molar-refractivity contribution is 5.91. The number of rotatable bonds is 15. The lowest BCUT2D eigenvalue weighted by Gasteiger charge is -2.13. The van der Waals surface area contributed by atoms with E-state index >= 15 is 0 Å². The van der Waals surface area contributed by atoms with Gasteiger partial charge in [0.2, 0.25) is 0 Å². The number of carbonyl (C=O) groups excluding carboxylic acids is 4. The second-order valence-electron chi connectivity index (χ2n) is 6.82. The zero-order valence-electron chi connectivity index (χ0n) is 17.8. The molecule has 1 unspecified atom stereocenters. The lowest BCUT2D eigenvalue weighted by molar-refractivity contribution is -0.163. The van der Waals surface area contributed by atoms with Crippen molar-refractivity contribution in [1.82, 2.24) is 0 Å². The molecule has 0 amide bonds. The SMILES string of the molecule is Cl.Cl.NC(CCCC(=O)OC(=O)[C@@H](N)CCCC(=O)O)C(=O)OC(=O)[C@@H](N)CCCC(=O)O. The predicted octanol–water partition coefficient (Wildman–Crippen LogP) is -0.368. The van der Waals surface area contributed by atoms with Crippen molar-refractivity contribution in [3.63, 3.8) is 0 Å². The maximum Gasteiger partial charge on any atom is 0.330 e. The van der Waals surface area contributed by atoms with Crippen LogP contribution < -0.4 is 17.2 Å². The first kappa shape index (κ1) is 35.3. The first-order chi connectivity index (χ1) is 14.4. The van der Waals surface area contributed by atoms with Gasteiger partial charge in [-0.1, -0.05) is 0 Å². The van der Waals surface area contributed by atoms with Crippen LogP contribution in [0.1, 0.15) is 57.8 Å². The molecule has 0 aromatic carbocycles. The van der Waals surface area contributed by atoms with Crippen LogP contribution in [0, 0.1) is 0 Å². The molecule has 0 bridgehead atoms. The average Bonchev–Trinajstić information content (AvgIpc) is 2.66. The van der Waals surface area contributed by atoms with Gasteiger partial charge in [0.25, 0.3) is 0 Å². The van der Waals surface area contributed by atoms with Gasteiger partial charge in [-0.2, -0.15) is 0 Å². The van der Waals surface area contributed by atoms with Gasteiger partial charge in [-0.05, 0) is 38.5 Å². The molecule has 192 valence electrons. The number of carboxylic acid groups (broad SMARTS) is 2. The number of ether oxygens (including phenoxy) is 2. The third-order valence-electron chi connectivity index (χ3n) is 4.03. The molecule has 0 radical (unpaired) electrons. The van der Waals surface area contributed by atoms with E-state index in [9.17, 15) is 28.8 Å². The predicted molar refractivity (Wildman–Crippen MR) is 117 cm³/mol. The van der Waals surface area contributed by atoms with Gasteiger partial charge in [-0.25, -0.2) is 14.4 Å². The quantitative estimate of drug-likeness (QED) is 0.137. The van der Waals surface area contributed by atoms with Gasteiger partial charge >= 0.3 is 35.8 Å². The van der Waals surface area contributed by atoms with Crippen LogP contribution in [0.3, 0.4) is 0 Å². The number of hydrogen-bond donors (Lipinski definition) is 5. The number of nitrogens with two attached hydrogens (primary N) is 3. The summed E-state index contributed by atoms with van der Waals surface area (Å²) in [6.45, 7) is 0. The molecule has 0 aromatic heterocycles. The molecule has 15 heteroatoms. The summed E-state index contributed by atoms with van der Waals surface area (Å²) in [4.78, 5) is 67.6. The van der Waals surface area contributed by atoms with Crippen LogP contribution >= 0.6 is 24.8 Å². The Morgan fingerprint density at radius 2 is 0.879 bits per heavy atom. The monoisotopic (exact) mass is 519 g/mol. The van der Waals surface area contributed by atoms with Crippen LogP contribution in [0.15, 0.2) is 0 Å². The first-order valence-corrected chi connectivity index (χ1v) is 9.64. The molecule has 0 aliphatic rings. The number of hydrogen-bond acceptors (Lipinski definition) is 11. The minimum atomic E-state index is -1.23. The summed E-state index contributed by atoms with van der Waals surface area (Å²) >= 11 is 0. The van der Waals surface area contributed by atoms with Gasteiger partial charge in [-0.3, -0.25) is 14.4 Å². The molecule has 0 heterocycles. The van der Waals surface area contributed by atoms with Crippen LogP contribution in [0.25, 0.3) is 0 Å². The zero-order chi connectivity index (χ0) is 24.0. The van der Waals surface area contributed by atoms with E-state index < -0.39 is 53.9 Å². The van der Waals surface area contributed by atoms with Crippen LogP contribution in [0.5, 0.6) is 0 Å². The molecule has 0 rings (SSSR count). The second kappa shape index (κ2) is 19.2. The summed E-state index contributed by atoms with van der Waals surface area (Å²) in [5.41, 5.74) is 16.6. The Morgan fingerprint density at radius 1 is 0.576 bits per heavy atom. The standard InChI is InChI=1S/C18H29N3O10.2ClH/c19-10(4-1-7-13(22)23)16(27)30-15(26)9-3-6-12(21)18(29)31-17(28)11(20)5-2-8-14(24)25;;/h10-12H,1-9,19-21H2,(H,22,23)(H,24,25);2*1H/t10-,11-,12?;;/m0../s1. The third kappa shape index (κ3) is 17.9. The van der Waals surface area contributed by atoms with Crippen molar-refractivity contribution in [1.29, 1.82) is 0 Å². The number of aliphatic carboxylic acids is 2. The van der Waals surface area contributed by atoms with Crippen LogP contribution in [-0.2, 0) is 38.2 Å². The summed E-state index contributed by atoms with van der Waals surface area (Å²) in [5, 5.41) is 17.0. The van der Waals surface area contributed by atoms with Crippen molar-refractivity contribution < 1.29 is 48.5 Å². The lowest BCUT2D eigenvalue weighted by Crippen LogP contribution is -2.39. The smallest absolute Gasteiger partial charge is 0.330 e. The van der Waals surface area contributed by atoms with Gasteiger partial charge in [0.05, 0.1) is 0 Å². The van der Waals surface area contributed by atoms with Crippen molar-refractivity contribution in [2.75, 3.05) is 0 Å². The number of esters is 4. The van der Waals surface area contributed by atoms with Gasteiger partial charge < -0.3 is 36.9 Å². The minimum absolute atomic E-state index is 0. The Bertz CT molecular complexity index is 678. The molecular formula is C18H31Cl2N3O10. The fraction of sp³-hybridized carbons (Fsp3) is 0.667. The molecule has 0 saturated heterocycles. The molecular weight excluding hydrogens is 489 g/mol. The van der Waals surface area contributed by atoms with Crippen LogP contribution in [0.4, 0.5) is 0 Å². The Labute approximate surface area is 202 Å². The highest BCUT2D eigenvalue weighted by atomic mass is 35.5. The molecule has 0 aromatic rings. The summed E-state index contributed by atoms with van der Waals surface area (Å²) < 4.78 is 9.08. The minimum Gasteiger partial charge on any atom is -0.481 e. The van der Waals surface area contributed by atoms with E-state index in [0.717, 1.165) is 0 Å². The molecule has 0 fully saturated rings. The van der Waals surface area contributed by atoms with Crippen molar-refractivity contribution in [3.8, 4) is 0 Å². The lowest BCUT2D eigenvalue weighted by atomic mass is 10.1. The van der Waals surface area contributed by atoms with E-state index in [2.05, 4.69) is 9.47 Å². The highest BCUT2D eigenvalue weighted by Crippen LogP contribution is 2.07. The largest absolute Gasteiger partial charge is 0.481 e. The highest BCUT2D eigenvalue weighted by Gasteiger charge is 2.24. The first-order valence-electron chi connectivity index (χ1n) is 9.64. The van der Waals surface area contributed by atoms with E-state index in [4.69, 9.17) is 27.4 Å². The Balaban J connectivity index is -0.00000450. The van der Waals surface area contributed by atoms with Gasteiger partial charge in [0.1, 0.15) is 18.1 Å². The van der Waals surface area contributed by atoms with Gasteiger partial charge in [0.15, 0.2) is 0 Å². The molecule has 13 nitrogen and oxygen atoms in total. The summed E-state index contributed by atoms with van der Waals surface area (Å²) in [7, 11) is 0. The zero-order valence-corrected chi connectivity index (χ0v) is 19.4. The van der Waals surface area contributed by atoms with Crippen molar-refractivity contribution in [3.05, 3.63) is 0 Å². The third-order valence-corrected chi connectivity index (χ3v) is 4.03. The number of carboxylic acids is 2. The number of halogens is 2. The summed E-state index contributed by atoms with van der Waals surface area (Å²) in [5.74, 6) is -6.04. The van der Waals surface area contributed by atoms with E-state index in [1.807, 2.05) is 0 Å². The van der Waals surface area contributed by atoms with E-state index in [1.165, 1.54) is 0 Å². The molecule has 3 atom stereocenters. The molecule has 0 aliphatic heterocycles. The fourth-order valence-corrected chi connectivity index (χ4v) is 2.26. The van der Waals surface area contributed by atoms with E-state index in [0.29, 0.717) is 0 Å². The van der Waals surface area contributed by atoms with Crippen molar-refractivity contribution in [2.45, 2.75) is 75.9 Å². The Kier molecular flexibility index (Phi) is 20.5. The summed E-state index contributed by atoms with van der Waals surface area (Å²) in [6.07, 6.45) is -0.248. The normalized spacial score (nSPS) is 12.7. The van der Waals surface area contributed by atoms with Crippen molar-refractivity contribution in [2.24, 2.45) is 17.2 Å². The molecule has 8 N–H and O–H groups in total. The Hall–Kier alpha value is -2.32. The second-order valence-corrected chi connectivity index (χ2v) is 6.82. The average molecular weight is 520 g/mol. The Morgan fingerprint density at radius 3 is 1.21 bits per heavy atom. The van der Waals surface area contributed by atoms with Gasteiger partial charge in [0, 0.05) is 19.3 Å². The topological polar surface area (TPSA) is 239 Å². The maximum atomic E-state index is 11.8. The maximum absolute atomic E-state index is 11.8. The fourth-order valence-electron chi connectivity index (χ4n) is 2.26. The van der Waals surface area contributed by atoms with Crippen molar-refractivity contribution >= 4 is 60.6 Å². The van der Waals surface area contributed by atoms with Crippen LogP contribution in [0.2, 0.25) is 0 Å². The van der Waals surface area contributed by atoms with Gasteiger partial charge in [-0.15, -0.1) is 24.8 Å². The van der Waals surface area contributed by atoms with E-state index in [1.54, 1.807) is 0 Å². The number of carbonyl (C=O) groups is 6. The summed E-state index contributed by atoms with van der Waals surface area (Å²) in [6, 6.07) is -3.53.